The third kappa shape index (κ3) is 16.5. The monoisotopic (exact) mass is 713 g/mol. The summed E-state index contributed by atoms with van der Waals surface area (Å²) in [4.78, 5) is 39.2. The Hall–Kier alpha value is -0.595. The van der Waals surface area contributed by atoms with Crippen molar-refractivity contribution in [1.82, 2.24) is 20.1 Å². The summed E-state index contributed by atoms with van der Waals surface area (Å²) in [5.41, 5.74) is 0. The van der Waals surface area contributed by atoms with Gasteiger partial charge in [-0.05, 0) is 0 Å². The summed E-state index contributed by atoms with van der Waals surface area (Å²) in [6, 6.07) is 0. The first-order chi connectivity index (χ1) is 17.8. The van der Waals surface area contributed by atoms with Crippen LogP contribution in [0.25, 0.3) is 0 Å². The van der Waals surface area contributed by atoms with E-state index in [1.807, 2.05) is 0 Å². The molecule has 0 amide bonds. The van der Waals surface area contributed by atoms with Gasteiger partial charge in [0.1, 0.15) is 0 Å². The van der Waals surface area contributed by atoms with E-state index in [2.05, 4.69) is 1.10 Å². The molecule has 15 nitrogen and oxygen atoms in total. The third-order valence-electron chi connectivity index (χ3n) is 5.67. The summed E-state index contributed by atoms with van der Waals surface area (Å²) in [5.74, 6) is -3.00. The van der Waals surface area contributed by atoms with E-state index in [4.69, 9.17) is 4.74 Å². The van der Waals surface area contributed by atoms with E-state index in [1.54, 1.807) is 14.7 Å². The van der Waals surface area contributed by atoms with Gasteiger partial charge in [0.15, 0.2) is 0 Å². The first-order valence-electron chi connectivity index (χ1n) is 12.1. The van der Waals surface area contributed by atoms with Gasteiger partial charge in [-0.2, -0.15) is 0 Å². The summed E-state index contributed by atoms with van der Waals surface area (Å²) in [6.45, 7) is 2.73. The number of aliphatic hydroxyl groups excluding tert-OH is 1. The number of hydrogen-bond donors (Lipinski definition) is 4. The molecule has 1 rings (SSSR count). The van der Waals surface area contributed by atoms with Crippen molar-refractivity contribution < 1.29 is 84.2 Å². The SMILES string of the molecule is COCCN(CC(O)[CH2][Gd][N]1CCN(CC(=O)O)CCN(CC(=O)O)CCN(CC(=O)O)CC1)S(C)(=O)=O. The minimum absolute atomic E-state index is 0.0568. The molecule has 0 spiro atoms. The number of carboxylic acids is 3. The average Bonchev–Trinajstić information content (AvgIpc) is 2.79. The van der Waals surface area contributed by atoms with Crippen LogP contribution in [0.1, 0.15) is 0 Å². The van der Waals surface area contributed by atoms with Crippen LogP contribution in [-0.2, 0) is 29.1 Å². The molecule has 0 radical (unpaired) electrons. The van der Waals surface area contributed by atoms with Crippen LogP contribution in [0.15, 0.2) is 0 Å². The van der Waals surface area contributed by atoms with Crippen LogP contribution in [0, 0.1) is 36.3 Å². The number of aliphatic hydroxyl groups is 1. The minimum atomic E-state index is -3.52. The quantitative estimate of drug-likeness (QED) is 0.136. The Morgan fingerprint density at radius 3 is 1.58 bits per heavy atom. The molecule has 1 fully saturated rings. The van der Waals surface area contributed by atoms with Crippen molar-refractivity contribution in [3.8, 4) is 0 Å². The number of rotatable bonds is 15. The Bertz CT molecular complexity index is 820. The molecule has 4 N–H and O–H groups in total. The van der Waals surface area contributed by atoms with Crippen molar-refractivity contribution in [2.75, 3.05) is 105 Å². The maximum absolute atomic E-state index is 12.0. The average molecular weight is 713 g/mol. The molecule has 0 aliphatic carbocycles. The molecule has 0 aromatic rings. The topological polar surface area (TPSA) is 192 Å². The second-order valence-corrected chi connectivity index (χ2v) is 14.0. The fourth-order valence-corrected chi connectivity index (χ4v) is 7.08. The number of ether oxygens (including phenoxy) is 1. The molecule has 224 valence electrons. The molecule has 1 unspecified atom stereocenters. The predicted octanol–water partition coefficient (Wildman–Crippen LogP) is -2.85. The van der Waals surface area contributed by atoms with Crippen LogP contribution in [0.2, 0.25) is 2.20 Å². The summed E-state index contributed by atoms with van der Waals surface area (Å²) in [5, 5.41) is 38.5. The number of hydrogen-bond acceptors (Lipinski definition) is 11. The molecule has 0 aromatic heterocycles. The van der Waals surface area contributed by atoms with E-state index in [-0.39, 0.29) is 39.3 Å². The van der Waals surface area contributed by atoms with Gasteiger partial charge in [-0.3, -0.25) is 0 Å². The zero-order valence-corrected chi connectivity index (χ0v) is 25.0. The standard InChI is InChI=1S/C14H25N4O6.C7H16NO4S.Gd/c19-12(20)9-16-3-1-15-2-4-17(10-13(21)22)6-8-18(7-5-16)11-14(23)24;1-7(9)6-8(4-5-12-2)13(3,10)11;/h1-11H2,(H,19,20)(H,21,22)(H,23,24);7,9H,1,4-6H2,2-3H3;/q-1;;+1. The fraction of sp³-hybridized carbons (Fsp3) is 0.857. The van der Waals surface area contributed by atoms with Gasteiger partial charge in [0.25, 0.3) is 0 Å². The number of sulfonamides is 1. The zero-order valence-electron chi connectivity index (χ0n) is 21.9. The van der Waals surface area contributed by atoms with Crippen molar-refractivity contribution in [3.05, 3.63) is 0 Å². The van der Waals surface area contributed by atoms with Gasteiger partial charge in [-0.1, -0.05) is 0 Å². The molecule has 0 saturated carbocycles. The van der Waals surface area contributed by atoms with E-state index in [9.17, 15) is 43.2 Å². The van der Waals surface area contributed by atoms with Gasteiger partial charge >= 0.3 is 246 Å². The normalized spacial score (nSPS) is 19.2. The van der Waals surface area contributed by atoms with E-state index < -0.39 is 70.3 Å². The van der Waals surface area contributed by atoms with Gasteiger partial charge in [-0.25, -0.2) is 0 Å². The van der Waals surface area contributed by atoms with E-state index in [0.717, 1.165) is 6.26 Å². The van der Waals surface area contributed by atoms with Crippen LogP contribution < -0.4 is 0 Å². The second kappa shape index (κ2) is 18.7. The summed E-state index contributed by atoms with van der Waals surface area (Å²) >= 11 is -1.10. The van der Waals surface area contributed by atoms with E-state index in [1.165, 1.54) is 11.4 Å². The van der Waals surface area contributed by atoms with Gasteiger partial charge in [-0.15, -0.1) is 0 Å². The molecule has 38 heavy (non-hydrogen) atoms. The summed E-state index contributed by atoms with van der Waals surface area (Å²) < 4.78 is 32.7. The number of methoxy groups -OCH3 is 1. The van der Waals surface area contributed by atoms with Crippen molar-refractivity contribution in [2.45, 2.75) is 8.30 Å². The van der Waals surface area contributed by atoms with Crippen molar-refractivity contribution >= 4 is 27.9 Å². The molecule has 1 heterocycles. The Kier molecular flexibility index (Phi) is 17.4. The van der Waals surface area contributed by atoms with E-state index >= 15 is 0 Å². The van der Waals surface area contributed by atoms with Crippen molar-refractivity contribution in [1.29, 1.82) is 0 Å². The second-order valence-electron chi connectivity index (χ2n) is 8.93. The van der Waals surface area contributed by atoms with Gasteiger partial charge in [0.05, 0.1) is 0 Å². The molecular formula is C21H41GdN5O10S. The van der Waals surface area contributed by atoms with Crippen LogP contribution in [-0.4, -0.2) is 178 Å². The van der Waals surface area contributed by atoms with Crippen molar-refractivity contribution in [2.24, 2.45) is 0 Å². The Balaban J connectivity index is 2.92. The maximum atomic E-state index is 12.0. The Labute approximate surface area is 244 Å². The fourth-order valence-electron chi connectivity index (χ4n) is 3.70. The van der Waals surface area contributed by atoms with Gasteiger partial charge < -0.3 is 0 Å². The summed E-state index contributed by atoms with van der Waals surface area (Å²) in [7, 11) is -2.06. The predicted molar refractivity (Wildman–Crippen MR) is 133 cm³/mol. The molecular weight excluding hydrogens is 672 g/mol. The first-order valence-corrected chi connectivity index (χ1v) is 16.5. The summed E-state index contributed by atoms with van der Waals surface area (Å²) in [6.07, 6.45) is 0.193. The molecule has 0 aromatic carbocycles. The molecule has 1 aliphatic rings. The third-order valence-corrected chi connectivity index (χ3v) is 10.4. The van der Waals surface area contributed by atoms with Crippen LogP contribution in [0.5, 0.6) is 0 Å². The zero-order chi connectivity index (χ0) is 28.7. The van der Waals surface area contributed by atoms with Crippen LogP contribution in [0.4, 0.5) is 0 Å². The number of carbonyl (C=O) groups is 3. The van der Waals surface area contributed by atoms with Crippen LogP contribution in [0.3, 0.4) is 0 Å². The molecule has 1 atom stereocenters. The van der Waals surface area contributed by atoms with Gasteiger partial charge in [0, 0.05) is 0 Å². The number of carboxylic acid groups (broad SMARTS) is 3. The van der Waals surface area contributed by atoms with Crippen molar-refractivity contribution in [3.63, 3.8) is 0 Å². The van der Waals surface area contributed by atoms with Gasteiger partial charge in [0.2, 0.25) is 0 Å². The number of aliphatic carboxylic acids is 3. The molecule has 0 bridgehead atoms. The number of nitrogens with zero attached hydrogens (tertiary/aromatic N) is 5. The Morgan fingerprint density at radius 2 is 1.24 bits per heavy atom. The first kappa shape index (κ1) is 35.4. The Morgan fingerprint density at radius 1 is 0.842 bits per heavy atom. The molecule has 17 heteroatoms. The molecule has 1 saturated heterocycles. The molecule has 1 aliphatic heterocycles. The van der Waals surface area contributed by atoms with Crippen LogP contribution >= 0.6 is 0 Å². The van der Waals surface area contributed by atoms with E-state index in [0.29, 0.717) is 54.6 Å².